The minimum Gasteiger partial charge on any atom is -0.402 e. The van der Waals surface area contributed by atoms with Gasteiger partial charge in [0.15, 0.2) is 0 Å². The predicted molar refractivity (Wildman–Crippen MR) is 47.5 cm³/mol. The van der Waals surface area contributed by atoms with Gasteiger partial charge in [-0.1, -0.05) is 0 Å². The maximum absolute atomic E-state index is 5.42. The Morgan fingerprint density at radius 1 is 1.43 bits per heavy atom. The summed E-state index contributed by atoms with van der Waals surface area (Å²) in [7, 11) is 1.74. The van der Waals surface area contributed by atoms with Gasteiger partial charge in [0.1, 0.15) is 12.1 Å². The zero-order chi connectivity index (χ0) is 9.97. The van der Waals surface area contributed by atoms with Gasteiger partial charge in [0, 0.05) is 7.05 Å². The second-order valence-electron chi connectivity index (χ2n) is 2.59. The highest BCUT2D eigenvalue weighted by atomic mass is 16.5. The normalized spacial score (nSPS) is 10.1. The Labute approximate surface area is 79.6 Å². The summed E-state index contributed by atoms with van der Waals surface area (Å²) in [6.45, 7) is 0. The van der Waals surface area contributed by atoms with Crippen molar-refractivity contribution in [2.45, 2.75) is 0 Å². The molecule has 0 aliphatic heterocycles. The number of rotatable bonds is 2. The molecule has 2 aromatic heterocycles. The van der Waals surface area contributed by atoms with Gasteiger partial charge in [-0.2, -0.15) is 9.97 Å². The molecule has 2 N–H and O–H groups in total. The van der Waals surface area contributed by atoms with Gasteiger partial charge in [-0.15, -0.1) is 5.10 Å². The Kier molecular flexibility index (Phi) is 1.98. The fraction of sp³-hybridized carbons (Fsp3) is 0.143. The van der Waals surface area contributed by atoms with Gasteiger partial charge in [-0.25, -0.2) is 0 Å². The van der Waals surface area contributed by atoms with Crippen molar-refractivity contribution in [2.75, 3.05) is 5.73 Å². The Hall–Kier alpha value is -2.18. The maximum Gasteiger partial charge on any atom is 0.342 e. The zero-order valence-corrected chi connectivity index (χ0v) is 7.45. The second kappa shape index (κ2) is 3.29. The van der Waals surface area contributed by atoms with Crippen molar-refractivity contribution < 1.29 is 4.74 Å². The average Bonchev–Trinajstić information content (AvgIpc) is 2.51. The lowest BCUT2D eigenvalue weighted by Crippen LogP contribution is -1.96. The maximum atomic E-state index is 5.42. The third kappa shape index (κ3) is 1.76. The lowest BCUT2D eigenvalue weighted by molar-refractivity contribution is 0.421. The zero-order valence-electron chi connectivity index (χ0n) is 7.45. The molecule has 0 aromatic carbocycles. The molecule has 0 saturated heterocycles. The van der Waals surface area contributed by atoms with Gasteiger partial charge >= 0.3 is 6.01 Å². The number of nitrogen functional groups attached to an aromatic ring is 1. The number of anilines is 1. The van der Waals surface area contributed by atoms with E-state index >= 15 is 0 Å². The molecule has 0 atom stereocenters. The summed E-state index contributed by atoms with van der Waals surface area (Å²) in [4.78, 5) is 11.6. The van der Waals surface area contributed by atoms with Crippen LogP contribution in [0.1, 0.15) is 0 Å². The Balaban J connectivity index is 2.18. The molecule has 7 nitrogen and oxygen atoms in total. The fourth-order valence-corrected chi connectivity index (χ4v) is 0.871. The third-order valence-electron chi connectivity index (χ3n) is 1.41. The molecule has 0 amide bonds. The molecule has 0 saturated carbocycles. The van der Waals surface area contributed by atoms with Crippen molar-refractivity contribution in [3.05, 3.63) is 18.7 Å². The number of hydrogen-bond acceptors (Lipinski definition) is 6. The van der Waals surface area contributed by atoms with E-state index in [-0.39, 0.29) is 11.9 Å². The van der Waals surface area contributed by atoms with E-state index < -0.39 is 0 Å². The van der Waals surface area contributed by atoms with E-state index in [1.54, 1.807) is 7.05 Å². The molecule has 0 unspecified atom stereocenters. The first-order valence-electron chi connectivity index (χ1n) is 3.85. The fourth-order valence-electron chi connectivity index (χ4n) is 0.871. The van der Waals surface area contributed by atoms with Crippen molar-refractivity contribution in [1.82, 2.24) is 24.7 Å². The SMILES string of the molecule is Cn1cnc(Oc2cncc(N)n2)n1. The van der Waals surface area contributed by atoms with Crippen molar-refractivity contribution in [3.8, 4) is 11.9 Å². The van der Waals surface area contributed by atoms with Crippen LogP contribution in [-0.2, 0) is 7.05 Å². The first-order valence-corrected chi connectivity index (χ1v) is 3.85. The average molecular weight is 192 g/mol. The minimum absolute atomic E-state index is 0.215. The number of aryl methyl sites for hydroxylation is 1. The van der Waals surface area contributed by atoms with Crippen molar-refractivity contribution >= 4 is 5.82 Å². The van der Waals surface area contributed by atoms with Gasteiger partial charge in [0.25, 0.3) is 0 Å². The predicted octanol–water partition coefficient (Wildman–Crippen LogP) is -0.0204. The summed E-state index contributed by atoms with van der Waals surface area (Å²) >= 11 is 0. The third-order valence-corrected chi connectivity index (χ3v) is 1.41. The molecular formula is C7H8N6O. The summed E-state index contributed by atoms with van der Waals surface area (Å²) in [5, 5.41) is 3.91. The molecule has 2 rings (SSSR count). The molecule has 0 aliphatic rings. The molecule has 2 heterocycles. The molecular weight excluding hydrogens is 184 g/mol. The summed E-state index contributed by atoms with van der Waals surface area (Å²) in [6.07, 6.45) is 4.39. The van der Waals surface area contributed by atoms with Crippen LogP contribution in [0.2, 0.25) is 0 Å². The quantitative estimate of drug-likeness (QED) is 0.718. The van der Waals surface area contributed by atoms with E-state index in [4.69, 9.17) is 10.5 Å². The van der Waals surface area contributed by atoms with E-state index in [0.29, 0.717) is 5.82 Å². The molecule has 2 aromatic rings. The summed E-state index contributed by atoms with van der Waals surface area (Å²) in [5.74, 6) is 0.564. The number of aromatic nitrogens is 5. The molecule has 0 bridgehead atoms. The highest BCUT2D eigenvalue weighted by molar-refractivity contribution is 5.26. The van der Waals surface area contributed by atoms with E-state index in [1.165, 1.54) is 23.4 Å². The Morgan fingerprint density at radius 2 is 2.29 bits per heavy atom. The highest BCUT2D eigenvalue weighted by Crippen LogP contribution is 2.13. The molecule has 0 spiro atoms. The minimum atomic E-state index is 0.215. The van der Waals surface area contributed by atoms with E-state index in [0.717, 1.165) is 0 Å². The van der Waals surface area contributed by atoms with Crippen LogP contribution in [0, 0.1) is 0 Å². The van der Waals surface area contributed by atoms with E-state index in [9.17, 15) is 0 Å². The topological polar surface area (TPSA) is 91.7 Å². The van der Waals surface area contributed by atoms with Crippen LogP contribution in [0.3, 0.4) is 0 Å². The summed E-state index contributed by atoms with van der Waals surface area (Å²) in [5.41, 5.74) is 5.42. The van der Waals surface area contributed by atoms with E-state index in [1.807, 2.05) is 0 Å². The molecule has 7 heteroatoms. The highest BCUT2D eigenvalue weighted by Gasteiger charge is 2.03. The molecule has 0 fully saturated rings. The molecule has 14 heavy (non-hydrogen) atoms. The van der Waals surface area contributed by atoms with Crippen LogP contribution < -0.4 is 10.5 Å². The van der Waals surface area contributed by atoms with Gasteiger partial charge in [0.2, 0.25) is 5.88 Å². The first-order chi connectivity index (χ1) is 6.74. The van der Waals surface area contributed by atoms with Gasteiger partial charge < -0.3 is 10.5 Å². The van der Waals surface area contributed by atoms with Crippen molar-refractivity contribution in [2.24, 2.45) is 7.05 Å². The van der Waals surface area contributed by atoms with Crippen LogP contribution in [0.15, 0.2) is 18.7 Å². The molecule has 72 valence electrons. The first kappa shape index (κ1) is 8.42. The van der Waals surface area contributed by atoms with Gasteiger partial charge in [0.05, 0.1) is 12.4 Å². The van der Waals surface area contributed by atoms with Crippen LogP contribution in [0.5, 0.6) is 11.9 Å². The lowest BCUT2D eigenvalue weighted by atomic mass is 10.7. The van der Waals surface area contributed by atoms with Crippen LogP contribution in [0.25, 0.3) is 0 Å². The molecule has 0 radical (unpaired) electrons. The number of hydrogen-bond donors (Lipinski definition) is 1. The van der Waals surface area contributed by atoms with Gasteiger partial charge in [-0.05, 0) is 0 Å². The number of nitrogens with zero attached hydrogens (tertiary/aromatic N) is 5. The summed E-state index contributed by atoms with van der Waals surface area (Å²) < 4.78 is 6.71. The van der Waals surface area contributed by atoms with Crippen LogP contribution >= 0.6 is 0 Å². The summed E-state index contributed by atoms with van der Waals surface area (Å²) in [6, 6.07) is 0.215. The van der Waals surface area contributed by atoms with Crippen LogP contribution in [0.4, 0.5) is 5.82 Å². The smallest absolute Gasteiger partial charge is 0.342 e. The Morgan fingerprint density at radius 3 is 2.93 bits per heavy atom. The molecule has 0 aliphatic carbocycles. The van der Waals surface area contributed by atoms with Crippen LogP contribution in [-0.4, -0.2) is 24.7 Å². The van der Waals surface area contributed by atoms with E-state index in [2.05, 4.69) is 20.1 Å². The standard InChI is InChI=1S/C7H8N6O/c1-13-4-10-7(12-13)14-6-3-9-2-5(8)11-6/h2-4H,1H3,(H2,8,11). The lowest BCUT2D eigenvalue weighted by Gasteiger charge is -1.98. The number of nitrogens with two attached hydrogens (primary N) is 1. The monoisotopic (exact) mass is 192 g/mol. The van der Waals surface area contributed by atoms with Crippen molar-refractivity contribution in [3.63, 3.8) is 0 Å². The van der Waals surface area contributed by atoms with Gasteiger partial charge in [-0.3, -0.25) is 9.67 Å². The number of ether oxygens (including phenoxy) is 1. The largest absolute Gasteiger partial charge is 0.402 e. The van der Waals surface area contributed by atoms with Crippen molar-refractivity contribution in [1.29, 1.82) is 0 Å². The second-order valence-corrected chi connectivity index (χ2v) is 2.59. The Bertz CT molecular complexity index is 439.